The van der Waals surface area contributed by atoms with Crippen LogP contribution in [0.1, 0.15) is 38.8 Å². The van der Waals surface area contributed by atoms with Gasteiger partial charge in [0.25, 0.3) is 0 Å². The first-order valence-electron chi connectivity index (χ1n) is 7.34. The number of carboxylic acid groups (broad SMARTS) is 1. The van der Waals surface area contributed by atoms with Crippen molar-refractivity contribution in [1.82, 2.24) is 4.90 Å². The van der Waals surface area contributed by atoms with Crippen LogP contribution in [0.2, 0.25) is 5.02 Å². The molecule has 1 heterocycles. The summed E-state index contributed by atoms with van der Waals surface area (Å²) in [5.41, 5.74) is 0.460. The highest BCUT2D eigenvalue weighted by atomic mass is 35.5. The monoisotopic (exact) mass is 340 g/mol. The molecule has 0 radical (unpaired) electrons. The number of hydrogen-bond donors (Lipinski definition) is 2. The van der Waals surface area contributed by atoms with Gasteiger partial charge in [0.15, 0.2) is 0 Å². The molecule has 3 unspecified atom stereocenters. The van der Waals surface area contributed by atoms with Gasteiger partial charge in [0.2, 0.25) is 0 Å². The van der Waals surface area contributed by atoms with Crippen LogP contribution in [-0.4, -0.2) is 28.1 Å². The Balaban J connectivity index is 2.51. The minimum absolute atomic E-state index is 0.223. The highest BCUT2D eigenvalue weighted by Crippen LogP contribution is 2.48. The van der Waals surface area contributed by atoms with Crippen molar-refractivity contribution in [2.45, 2.75) is 39.3 Å². The summed E-state index contributed by atoms with van der Waals surface area (Å²) in [6, 6.07) is 5.59. The molecular weight excluding hydrogens is 320 g/mol. The number of amides is 1. The summed E-state index contributed by atoms with van der Waals surface area (Å²) in [5.74, 6) is 4.08. The van der Waals surface area contributed by atoms with Crippen LogP contribution in [-0.2, 0) is 9.63 Å². The molecule has 1 aromatic rings. The number of carbonyl (C=O) groups excluding carboxylic acids is 1. The molecule has 126 valence electrons. The minimum Gasteiger partial charge on any atom is -0.465 e. The van der Waals surface area contributed by atoms with Crippen LogP contribution < -0.4 is 5.90 Å². The second-order valence-electron chi connectivity index (χ2n) is 6.85. The van der Waals surface area contributed by atoms with E-state index >= 15 is 0 Å². The van der Waals surface area contributed by atoms with Crippen molar-refractivity contribution in [3.05, 3.63) is 34.9 Å². The quantitative estimate of drug-likeness (QED) is 0.806. The summed E-state index contributed by atoms with van der Waals surface area (Å²) in [6.45, 7) is 5.90. The molecule has 1 aliphatic rings. The average Bonchev–Trinajstić information content (AvgIpc) is 2.87. The van der Waals surface area contributed by atoms with Crippen molar-refractivity contribution in [2.75, 3.05) is 0 Å². The number of hydrogen-bond acceptors (Lipinski definition) is 4. The Hall–Kier alpha value is -1.79. The maximum absolute atomic E-state index is 12.2. The lowest BCUT2D eigenvalue weighted by Crippen LogP contribution is -2.47. The van der Waals surface area contributed by atoms with Crippen molar-refractivity contribution < 1.29 is 19.5 Å². The van der Waals surface area contributed by atoms with Crippen molar-refractivity contribution in [3.63, 3.8) is 0 Å². The molecule has 2 rings (SSSR count). The smallest absolute Gasteiger partial charge is 0.408 e. The van der Waals surface area contributed by atoms with E-state index in [2.05, 4.69) is 4.84 Å². The van der Waals surface area contributed by atoms with Crippen LogP contribution in [0.15, 0.2) is 24.3 Å². The van der Waals surface area contributed by atoms with Crippen molar-refractivity contribution in [1.29, 1.82) is 0 Å². The molecule has 1 fully saturated rings. The van der Waals surface area contributed by atoms with Crippen LogP contribution in [0, 0.1) is 11.3 Å². The van der Waals surface area contributed by atoms with Gasteiger partial charge in [-0.15, -0.1) is 0 Å². The first kappa shape index (κ1) is 17.6. The third kappa shape index (κ3) is 3.43. The molecule has 1 aliphatic heterocycles. The van der Waals surface area contributed by atoms with E-state index in [9.17, 15) is 14.7 Å². The topological polar surface area (TPSA) is 92.9 Å². The summed E-state index contributed by atoms with van der Waals surface area (Å²) < 4.78 is 0. The molecule has 0 spiro atoms. The largest absolute Gasteiger partial charge is 0.465 e. The zero-order valence-corrected chi connectivity index (χ0v) is 14.1. The van der Waals surface area contributed by atoms with Crippen LogP contribution in [0.3, 0.4) is 0 Å². The molecule has 1 saturated heterocycles. The Morgan fingerprint density at radius 3 is 2.52 bits per heavy atom. The number of rotatable bonds is 2. The lowest BCUT2D eigenvalue weighted by molar-refractivity contribution is -0.151. The van der Waals surface area contributed by atoms with Crippen LogP contribution >= 0.6 is 11.6 Å². The van der Waals surface area contributed by atoms with Gasteiger partial charge in [-0.3, -0.25) is 4.90 Å². The summed E-state index contributed by atoms with van der Waals surface area (Å²) in [7, 11) is 0. The van der Waals surface area contributed by atoms with E-state index in [4.69, 9.17) is 17.5 Å². The van der Waals surface area contributed by atoms with Gasteiger partial charge >= 0.3 is 12.1 Å². The molecule has 0 saturated carbocycles. The number of nitrogens with zero attached hydrogens (tertiary/aromatic N) is 1. The van der Waals surface area contributed by atoms with E-state index in [-0.39, 0.29) is 11.3 Å². The van der Waals surface area contributed by atoms with E-state index in [0.717, 1.165) is 10.5 Å². The van der Waals surface area contributed by atoms with Crippen molar-refractivity contribution in [3.8, 4) is 0 Å². The van der Waals surface area contributed by atoms with Gasteiger partial charge in [-0.25, -0.2) is 9.59 Å². The maximum atomic E-state index is 12.2. The first-order valence-corrected chi connectivity index (χ1v) is 7.72. The van der Waals surface area contributed by atoms with Gasteiger partial charge in [-0.1, -0.05) is 44.5 Å². The van der Waals surface area contributed by atoms with Crippen LogP contribution in [0.5, 0.6) is 0 Å². The number of nitrogens with two attached hydrogens (primary N) is 1. The first-order chi connectivity index (χ1) is 10.7. The third-order valence-corrected chi connectivity index (χ3v) is 4.65. The van der Waals surface area contributed by atoms with Gasteiger partial charge < -0.3 is 9.94 Å². The number of benzene rings is 1. The molecule has 1 aromatic carbocycles. The second-order valence-corrected chi connectivity index (χ2v) is 7.29. The fraction of sp³-hybridized carbons (Fsp3) is 0.500. The highest BCUT2D eigenvalue weighted by Gasteiger charge is 2.52. The molecule has 7 heteroatoms. The SMILES string of the molecule is CC(C)(C)C1CC(c2cccc(Cl)c2)N(C(=O)O)C1C(=O)ON. The minimum atomic E-state index is -1.18. The Labute approximate surface area is 140 Å². The van der Waals surface area contributed by atoms with Crippen LogP contribution in [0.4, 0.5) is 4.79 Å². The Bertz CT molecular complexity index is 614. The van der Waals surface area contributed by atoms with Gasteiger partial charge in [-0.2, -0.15) is 5.90 Å². The van der Waals surface area contributed by atoms with Gasteiger partial charge in [0, 0.05) is 5.02 Å². The van der Waals surface area contributed by atoms with E-state index in [1.807, 2.05) is 26.8 Å². The predicted molar refractivity (Wildman–Crippen MR) is 85.7 cm³/mol. The molecule has 23 heavy (non-hydrogen) atoms. The lowest BCUT2D eigenvalue weighted by atomic mass is 9.75. The summed E-state index contributed by atoms with van der Waals surface area (Å²) in [6.07, 6.45) is -0.687. The number of carbonyl (C=O) groups is 2. The van der Waals surface area contributed by atoms with Gasteiger partial charge in [0.1, 0.15) is 6.04 Å². The number of likely N-dealkylation sites (tertiary alicyclic amines) is 1. The summed E-state index contributed by atoms with van der Waals surface area (Å²) >= 11 is 6.03. The summed E-state index contributed by atoms with van der Waals surface area (Å²) in [4.78, 5) is 29.5. The molecule has 1 amide bonds. The second kappa shape index (κ2) is 6.37. The van der Waals surface area contributed by atoms with Gasteiger partial charge in [0.05, 0.1) is 6.04 Å². The molecule has 0 aromatic heterocycles. The fourth-order valence-corrected chi connectivity index (χ4v) is 3.51. The van der Waals surface area contributed by atoms with Gasteiger partial charge in [-0.05, 0) is 35.4 Å². The lowest BCUT2D eigenvalue weighted by Gasteiger charge is -2.32. The van der Waals surface area contributed by atoms with Crippen molar-refractivity contribution >= 4 is 23.7 Å². The van der Waals surface area contributed by atoms with E-state index in [1.165, 1.54) is 0 Å². The summed E-state index contributed by atoms with van der Waals surface area (Å²) in [5, 5.41) is 10.2. The van der Waals surface area contributed by atoms with E-state index in [0.29, 0.717) is 11.4 Å². The highest BCUT2D eigenvalue weighted by molar-refractivity contribution is 6.30. The maximum Gasteiger partial charge on any atom is 0.408 e. The standard InChI is InChI=1S/C16H21ClN2O4/c1-16(2,3)11-8-12(9-5-4-6-10(17)7-9)19(15(21)22)13(11)14(20)23-18/h4-7,11-13H,8,18H2,1-3H3,(H,21,22). The van der Waals surface area contributed by atoms with Crippen molar-refractivity contribution in [2.24, 2.45) is 17.2 Å². The average molecular weight is 341 g/mol. The molecule has 6 nitrogen and oxygen atoms in total. The molecule has 0 aliphatic carbocycles. The number of halogens is 1. The zero-order chi connectivity index (χ0) is 17.4. The predicted octanol–water partition coefficient (Wildman–Crippen LogP) is 3.21. The van der Waals surface area contributed by atoms with E-state index < -0.39 is 24.1 Å². The fourth-order valence-electron chi connectivity index (χ4n) is 3.31. The molecular formula is C16H21ClN2O4. The molecule has 3 N–H and O–H groups in total. The Morgan fingerprint density at radius 1 is 1.39 bits per heavy atom. The molecule has 0 bridgehead atoms. The Kier molecular flexibility index (Phi) is 4.87. The molecule has 3 atom stereocenters. The van der Waals surface area contributed by atoms with Crippen LogP contribution in [0.25, 0.3) is 0 Å². The normalized spacial score (nSPS) is 24.6. The Morgan fingerprint density at radius 2 is 2.04 bits per heavy atom. The van der Waals surface area contributed by atoms with E-state index in [1.54, 1.807) is 18.2 Å². The third-order valence-electron chi connectivity index (χ3n) is 4.42. The zero-order valence-electron chi connectivity index (χ0n) is 13.3.